The van der Waals surface area contributed by atoms with Gasteiger partial charge in [-0.05, 0) is 79.5 Å². The normalized spacial score (nSPS) is 18.3. The minimum atomic E-state index is 0.746. The molecule has 0 atom stereocenters. The minimum Gasteiger partial charge on any atom is -0.0982 e. The van der Waals surface area contributed by atoms with E-state index in [9.17, 15) is 0 Å². The van der Waals surface area contributed by atoms with Gasteiger partial charge in [-0.25, -0.2) is 0 Å². The van der Waals surface area contributed by atoms with Crippen LogP contribution in [0.15, 0.2) is 48.5 Å². The van der Waals surface area contributed by atoms with Gasteiger partial charge in [-0.15, -0.1) is 0 Å². The zero-order chi connectivity index (χ0) is 20.3. The molecule has 0 heteroatoms. The molecule has 2 aromatic rings. The summed E-state index contributed by atoms with van der Waals surface area (Å²) in [4.78, 5) is 0. The molecule has 1 saturated carbocycles. The molecule has 0 nitrogen and oxygen atoms in total. The molecule has 2 aromatic carbocycles. The van der Waals surface area contributed by atoms with Crippen LogP contribution in [0.4, 0.5) is 0 Å². The van der Waals surface area contributed by atoms with Crippen molar-refractivity contribution in [1.29, 1.82) is 0 Å². The summed E-state index contributed by atoms with van der Waals surface area (Å²) in [6, 6.07) is 17.2. The van der Waals surface area contributed by atoms with E-state index in [1.807, 2.05) is 12.1 Å². The van der Waals surface area contributed by atoms with Crippen molar-refractivity contribution in [1.82, 2.24) is 0 Å². The third-order valence-electron chi connectivity index (χ3n) is 6.09. The van der Waals surface area contributed by atoms with E-state index in [1.165, 1.54) is 56.9 Å². The first-order chi connectivity index (χ1) is 14.3. The van der Waals surface area contributed by atoms with Gasteiger partial charge in [-0.2, -0.15) is 0 Å². The Balaban J connectivity index is 1.53. The van der Waals surface area contributed by atoms with Gasteiger partial charge in [0.25, 0.3) is 0 Å². The highest BCUT2D eigenvalue weighted by atomic mass is 14.3. The Morgan fingerprint density at radius 3 is 1.79 bits per heavy atom. The molecule has 1 aliphatic rings. The van der Waals surface area contributed by atoms with Crippen LogP contribution in [0.25, 0.3) is 0 Å². The third kappa shape index (κ3) is 6.84. The smallest absolute Gasteiger partial charge is 0.0249 e. The van der Waals surface area contributed by atoms with Crippen molar-refractivity contribution in [3.05, 3.63) is 70.8 Å². The molecule has 0 radical (unpaired) electrons. The van der Waals surface area contributed by atoms with Gasteiger partial charge in [0.05, 0.1) is 0 Å². The van der Waals surface area contributed by atoms with Gasteiger partial charge < -0.3 is 0 Å². The maximum atomic E-state index is 3.30. The van der Waals surface area contributed by atoms with E-state index in [2.05, 4.69) is 73.9 Å². The van der Waals surface area contributed by atoms with E-state index in [0.717, 1.165) is 34.9 Å². The molecule has 0 N–H and O–H groups in total. The molecule has 0 spiro atoms. The Bertz CT molecular complexity index is 854. The maximum Gasteiger partial charge on any atom is 0.0249 e. The Hall–Kier alpha value is -2.44. The van der Waals surface area contributed by atoms with Crippen LogP contribution in [0.3, 0.4) is 0 Å². The second kappa shape index (κ2) is 11.5. The first-order valence-electron chi connectivity index (χ1n) is 11.5. The van der Waals surface area contributed by atoms with Crippen LogP contribution in [0.2, 0.25) is 0 Å². The monoisotopic (exact) mass is 382 g/mol. The molecular weight excluding hydrogens is 348 g/mol. The minimum absolute atomic E-state index is 0.746. The van der Waals surface area contributed by atoms with Crippen LogP contribution in [0, 0.1) is 29.6 Å². The van der Waals surface area contributed by atoms with Crippen molar-refractivity contribution < 1.29 is 0 Å². The summed E-state index contributed by atoms with van der Waals surface area (Å²) < 4.78 is 0. The first kappa shape index (κ1) is 21.3. The van der Waals surface area contributed by atoms with E-state index in [4.69, 9.17) is 0 Å². The quantitative estimate of drug-likeness (QED) is 0.367. The SMILES string of the molecule is CCC#Cc1ccc(C#Cc2ccc([C@H]3CC[C@H](CCCCC)CC3)cc2)cc1. The Morgan fingerprint density at radius 1 is 0.690 bits per heavy atom. The molecule has 3 rings (SSSR count). The van der Waals surface area contributed by atoms with Crippen LogP contribution in [0.5, 0.6) is 0 Å². The second-order valence-corrected chi connectivity index (χ2v) is 8.32. The van der Waals surface area contributed by atoms with Crippen molar-refractivity contribution in [2.75, 3.05) is 0 Å². The highest BCUT2D eigenvalue weighted by molar-refractivity contribution is 5.46. The Morgan fingerprint density at radius 2 is 1.24 bits per heavy atom. The molecule has 0 aliphatic heterocycles. The van der Waals surface area contributed by atoms with Gasteiger partial charge in [-0.3, -0.25) is 0 Å². The lowest BCUT2D eigenvalue weighted by Crippen LogP contribution is -2.13. The predicted octanol–water partition coefficient (Wildman–Crippen LogP) is 7.70. The fourth-order valence-corrected chi connectivity index (χ4v) is 4.28. The van der Waals surface area contributed by atoms with E-state index in [0.29, 0.717) is 0 Å². The van der Waals surface area contributed by atoms with Crippen molar-refractivity contribution in [2.24, 2.45) is 5.92 Å². The Labute approximate surface area is 178 Å². The fourth-order valence-electron chi connectivity index (χ4n) is 4.28. The van der Waals surface area contributed by atoms with Crippen molar-refractivity contribution >= 4 is 0 Å². The summed E-state index contributed by atoms with van der Waals surface area (Å²) in [5.74, 6) is 14.6. The van der Waals surface area contributed by atoms with Gasteiger partial charge in [0.15, 0.2) is 0 Å². The zero-order valence-corrected chi connectivity index (χ0v) is 18.1. The van der Waals surface area contributed by atoms with Gasteiger partial charge in [0, 0.05) is 23.1 Å². The summed E-state index contributed by atoms with van der Waals surface area (Å²) in [6.45, 7) is 4.36. The summed E-state index contributed by atoms with van der Waals surface area (Å²) >= 11 is 0. The van der Waals surface area contributed by atoms with Crippen molar-refractivity contribution in [2.45, 2.75) is 77.6 Å². The van der Waals surface area contributed by atoms with Crippen LogP contribution >= 0.6 is 0 Å². The number of unbranched alkanes of at least 4 members (excludes halogenated alkanes) is 2. The molecule has 0 unspecified atom stereocenters. The first-order valence-corrected chi connectivity index (χ1v) is 11.5. The van der Waals surface area contributed by atoms with Gasteiger partial charge >= 0.3 is 0 Å². The van der Waals surface area contributed by atoms with E-state index < -0.39 is 0 Å². The third-order valence-corrected chi connectivity index (χ3v) is 6.09. The average molecular weight is 383 g/mol. The van der Waals surface area contributed by atoms with Crippen LogP contribution in [-0.2, 0) is 0 Å². The number of rotatable bonds is 5. The molecule has 0 saturated heterocycles. The molecule has 0 aromatic heterocycles. The van der Waals surface area contributed by atoms with E-state index >= 15 is 0 Å². The fraction of sp³-hybridized carbons (Fsp3) is 0.448. The average Bonchev–Trinajstić information content (AvgIpc) is 2.78. The maximum absolute atomic E-state index is 3.30. The van der Waals surface area contributed by atoms with Crippen molar-refractivity contribution in [3.63, 3.8) is 0 Å². The molecule has 1 fully saturated rings. The highest BCUT2D eigenvalue weighted by Crippen LogP contribution is 2.37. The summed E-state index contributed by atoms with van der Waals surface area (Å²) in [5.41, 5.74) is 4.69. The van der Waals surface area contributed by atoms with Gasteiger partial charge in [-0.1, -0.05) is 75.3 Å². The van der Waals surface area contributed by atoms with Crippen molar-refractivity contribution in [3.8, 4) is 23.7 Å². The molecule has 0 amide bonds. The zero-order valence-electron chi connectivity index (χ0n) is 18.1. The highest BCUT2D eigenvalue weighted by Gasteiger charge is 2.21. The predicted molar refractivity (Wildman–Crippen MR) is 125 cm³/mol. The number of hydrogen-bond acceptors (Lipinski definition) is 0. The molecule has 150 valence electrons. The largest absolute Gasteiger partial charge is 0.0982 e. The van der Waals surface area contributed by atoms with Crippen LogP contribution in [0.1, 0.15) is 99.8 Å². The molecular formula is C29H34. The topological polar surface area (TPSA) is 0 Å². The van der Waals surface area contributed by atoms with E-state index in [1.54, 1.807) is 0 Å². The standard InChI is InChI=1S/C29H34/c1-3-5-7-9-25-16-20-28(21-17-25)29-22-18-27(19-23-29)15-14-26-12-10-24(11-13-26)8-6-4-2/h10-13,18-19,22-23,25,28H,3-5,7,9,16-17,20-21H2,1-2H3/t25-,28-. The summed E-state index contributed by atoms with van der Waals surface area (Å²) in [5, 5.41) is 0. The van der Waals surface area contributed by atoms with Gasteiger partial charge in [0.2, 0.25) is 0 Å². The molecule has 0 heterocycles. The van der Waals surface area contributed by atoms with E-state index in [-0.39, 0.29) is 0 Å². The molecule has 0 bridgehead atoms. The second-order valence-electron chi connectivity index (χ2n) is 8.32. The Kier molecular flexibility index (Phi) is 8.46. The number of hydrogen-bond donors (Lipinski definition) is 0. The molecule has 29 heavy (non-hydrogen) atoms. The van der Waals surface area contributed by atoms with Crippen LogP contribution < -0.4 is 0 Å². The number of benzene rings is 2. The summed E-state index contributed by atoms with van der Waals surface area (Å²) in [7, 11) is 0. The summed E-state index contributed by atoms with van der Waals surface area (Å²) in [6.07, 6.45) is 12.0. The van der Waals surface area contributed by atoms with Gasteiger partial charge in [0.1, 0.15) is 0 Å². The molecule has 1 aliphatic carbocycles. The lowest BCUT2D eigenvalue weighted by Gasteiger charge is -2.29. The van der Waals surface area contributed by atoms with Crippen LogP contribution in [-0.4, -0.2) is 0 Å². The lowest BCUT2D eigenvalue weighted by molar-refractivity contribution is 0.303. The lowest BCUT2D eigenvalue weighted by atomic mass is 9.77.